The lowest BCUT2D eigenvalue weighted by Gasteiger charge is -2.15. The third-order valence-electron chi connectivity index (χ3n) is 5.27. The first-order valence-corrected chi connectivity index (χ1v) is 13.5. The van der Waals surface area contributed by atoms with E-state index < -0.39 is 0 Å². The molecule has 0 aromatic rings. The van der Waals surface area contributed by atoms with Crippen LogP contribution in [0.4, 0.5) is 0 Å². The summed E-state index contributed by atoms with van der Waals surface area (Å²) in [4.78, 5) is 18.1. The van der Waals surface area contributed by atoms with Crippen molar-refractivity contribution in [2.45, 2.75) is 73.6 Å². The van der Waals surface area contributed by atoms with Gasteiger partial charge >= 0.3 is 0 Å². The number of nitrogens with zero attached hydrogens (tertiary/aromatic N) is 2. The highest BCUT2D eigenvalue weighted by Crippen LogP contribution is 2.16. The summed E-state index contributed by atoms with van der Waals surface area (Å²) >= 11 is 6.02. The monoisotopic (exact) mass is 501 g/mol. The number of halogens is 1. The Hall–Kier alpha value is -2.17. The van der Waals surface area contributed by atoms with E-state index in [-0.39, 0.29) is 5.91 Å². The average molecular weight is 502 g/mol. The Morgan fingerprint density at radius 2 is 1.86 bits per heavy atom. The van der Waals surface area contributed by atoms with Gasteiger partial charge in [0.1, 0.15) is 5.16 Å². The van der Waals surface area contributed by atoms with Crippen LogP contribution in [-0.4, -0.2) is 43.2 Å². The molecular weight excluding hydrogens is 454 g/mol. The van der Waals surface area contributed by atoms with Gasteiger partial charge in [-0.3, -0.25) is 9.69 Å². The maximum absolute atomic E-state index is 11.3. The topological polar surface area (TPSA) is 44.7 Å². The van der Waals surface area contributed by atoms with Gasteiger partial charge in [-0.05, 0) is 75.8 Å². The zero-order chi connectivity index (χ0) is 26.3. The van der Waals surface area contributed by atoms with Gasteiger partial charge in [0.05, 0.1) is 0 Å². The highest BCUT2D eigenvalue weighted by molar-refractivity contribution is 6.29. The number of carbonyl (C=O) groups is 1. The fraction of sp³-hybridized carbons (Fsp3) is 0.533. The second-order valence-corrected chi connectivity index (χ2v) is 9.06. The molecule has 1 fully saturated rings. The van der Waals surface area contributed by atoms with E-state index in [0.717, 1.165) is 43.7 Å². The zero-order valence-corrected chi connectivity index (χ0v) is 23.7. The van der Waals surface area contributed by atoms with Crippen LogP contribution in [0.1, 0.15) is 73.6 Å². The number of rotatable bonds is 13. The number of likely N-dealkylation sites (N-methyl/N-ethyl adjacent to an activating group) is 1. The van der Waals surface area contributed by atoms with Crippen molar-refractivity contribution in [3.05, 3.63) is 71.0 Å². The Morgan fingerprint density at radius 1 is 1.11 bits per heavy atom. The molecule has 1 unspecified atom stereocenters. The van der Waals surface area contributed by atoms with Crippen molar-refractivity contribution >= 4 is 23.7 Å². The maximum Gasteiger partial charge on any atom is 0.243 e. The Labute approximate surface area is 220 Å². The second kappa shape index (κ2) is 22.3. The molecule has 0 bridgehead atoms. The lowest BCUT2D eigenvalue weighted by Crippen LogP contribution is -2.23. The fourth-order valence-corrected chi connectivity index (χ4v) is 3.42. The molecule has 0 saturated carbocycles. The van der Waals surface area contributed by atoms with E-state index in [1.54, 1.807) is 6.08 Å². The van der Waals surface area contributed by atoms with Crippen LogP contribution in [0.5, 0.6) is 0 Å². The quantitative estimate of drug-likeness (QED) is 0.121. The van der Waals surface area contributed by atoms with Gasteiger partial charge in [-0.25, -0.2) is 4.99 Å². The lowest BCUT2D eigenvalue weighted by molar-refractivity contribution is -0.116. The minimum atomic E-state index is -0.0530. The van der Waals surface area contributed by atoms with Gasteiger partial charge in [-0.1, -0.05) is 81.7 Å². The van der Waals surface area contributed by atoms with E-state index in [4.69, 9.17) is 11.6 Å². The number of carbonyl (C=O) groups excluding carboxylic acids is 1. The first kappa shape index (κ1) is 32.8. The summed E-state index contributed by atoms with van der Waals surface area (Å²) in [7, 11) is 0. The second-order valence-electron chi connectivity index (χ2n) is 8.68. The number of nitrogens with one attached hydrogen (secondary N) is 1. The molecule has 196 valence electrons. The Morgan fingerprint density at radius 3 is 2.43 bits per heavy atom. The van der Waals surface area contributed by atoms with Crippen LogP contribution in [-0.2, 0) is 4.79 Å². The molecule has 1 aliphatic rings. The number of hydrogen-bond donors (Lipinski definition) is 1. The molecular formula is C30H48ClN3O. The van der Waals surface area contributed by atoms with Crippen LogP contribution in [0.2, 0.25) is 0 Å². The number of aliphatic imine (C=N–C) groups is 1. The van der Waals surface area contributed by atoms with Gasteiger partial charge in [0.25, 0.3) is 0 Å². The standard InChI is InChI=1S/C15H25ClN2.C15H23NO/c1-4-6-7-15(16)17-10-14(5-2)12-18-9-8-13(3)11-18;1-4-7-9-11-14(10-8-5-2)12-13-15(17)16-6-3/h5,7,10,13H,4,6,8-9,11-12H2,1-3H3;5,8-13H,4,6-7H2,1-3H3,(H,16,17)/b14-5+,15-7+,17-10-;8-5-,11-9+,13-12+,14-10+. The van der Waals surface area contributed by atoms with E-state index in [0.29, 0.717) is 11.7 Å². The summed E-state index contributed by atoms with van der Waals surface area (Å²) in [5.41, 5.74) is 2.27. The number of allylic oxidation sites excluding steroid dienone is 9. The minimum absolute atomic E-state index is 0.0530. The van der Waals surface area contributed by atoms with Gasteiger partial charge < -0.3 is 5.32 Å². The van der Waals surface area contributed by atoms with Crippen LogP contribution in [0, 0.1) is 5.92 Å². The summed E-state index contributed by atoms with van der Waals surface area (Å²) in [6.45, 7) is 16.6. The fourth-order valence-electron chi connectivity index (χ4n) is 3.26. The van der Waals surface area contributed by atoms with Crippen molar-refractivity contribution in [3.8, 4) is 0 Å². The van der Waals surface area contributed by atoms with Gasteiger partial charge in [-0.2, -0.15) is 0 Å². The van der Waals surface area contributed by atoms with Gasteiger partial charge in [0.15, 0.2) is 0 Å². The van der Waals surface area contributed by atoms with Crippen molar-refractivity contribution in [2.75, 3.05) is 26.2 Å². The highest BCUT2D eigenvalue weighted by atomic mass is 35.5. The average Bonchev–Trinajstić information content (AvgIpc) is 3.26. The van der Waals surface area contributed by atoms with Crippen LogP contribution in [0.25, 0.3) is 0 Å². The third kappa shape index (κ3) is 18.8. The zero-order valence-electron chi connectivity index (χ0n) is 22.9. The van der Waals surface area contributed by atoms with E-state index in [2.05, 4.69) is 55.1 Å². The number of likely N-dealkylation sites (tertiary alicyclic amines) is 1. The lowest BCUT2D eigenvalue weighted by atomic mass is 10.1. The van der Waals surface area contributed by atoms with Crippen LogP contribution >= 0.6 is 11.6 Å². The molecule has 1 aliphatic heterocycles. The Bertz CT molecular complexity index is 787. The molecule has 0 aromatic heterocycles. The van der Waals surface area contributed by atoms with E-state index in [9.17, 15) is 4.79 Å². The van der Waals surface area contributed by atoms with Crippen molar-refractivity contribution in [1.29, 1.82) is 0 Å². The van der Waals surface area contributed by atoms with Crippen LogP contribution in [0.3, 0.4) is 0 Å². The molecule has 1 saturated heterocycles. The summed E-state index contributed by atoms with van der Waals surface area (Å²) in [5, 5.41) is 3.33. The molecule has 35 heavy (non-hydrogen) atoms. The molecule has 1 rings (SSSR count). The van der Waals surface area contributed by atoms with Gasteiger partial charge in [-0.15, -0.1) is 0 Å². The van der Waals surface area contributed by atoms with Crippen LogP contribution < -0.4 is 5.32 Å². The molecule has 1 amide bonds. The normalized spacial score (nSPS) is 18.3. The van der Waals surface area contributed by atoms with E-state index in [1.807, 2.05) is 56.5 Å². The summed E-state index contributed by atoms with van der Waals surface area (Å²) in [6, 6.07) is 0. The highest BCUT2D eigenvalue weighted by Gasteiger charge is 2.18. The first-order chi connectivity index (χ1) is 16.9. The SMILES string of the molecule is C\C=C(/C=N\C(Cl)=C\CCC)CN1CCC(C)C1.C\C=C/C=C(\C=C\CCC)/C=C/C(=O)NCC. The number of hydrogen-bond acceptors (Lipinski definition) is 3. The molecule has 1 N–H and O–H groups in total. The van der Waals surface area contributed by atoms with Gasteiger partial charge in [0, 0.05) is 31.9 Å². The summed E-state index contributed by atoms with van der Waals surface area (Å²) in [6.07, 6.45) is 25.1. The number of unbranched alkanes of at least 4 members (excludes halogenated alkanes) is 2. The molecule has 1 heterocycles. The van der Waals surface area contributed by atoms with Crippen molar-refractivity contribution < 1.29 is 4.79 Å². The molecule has 0 aliphatic carbocycles. The van der Waals surface area contributed by atoms with Crippen molar-refractivity contribution in [2.24, 2.45) is 10.9 Å². The molecule has 0 radical (unpaired) electrons. The first-order valence-electron chi connectivity index (χ1n) is 13.1. The smallest absolute Gasteiger partial charge is 0.243 e. The predicted octanol–water partition coefficient (Wildman–Crippen LogP) is 7.76. The molecule has 0 aromatic carbocycles. The number of amides is 1. The van der Waals surface area contributed by atoms with Crippen LogP contribution in [0.15, 0.2) is 76.0 Å². The molecule has 4 nitrogen and oxygen atoms in total. The minimum Gasteiger partial charge on any atom is -0.353 e. The maximum atomic E-state index is 11.3. The molecule has 1 atom stereocenters. The van der Waals surface area contributed by atoms with Crippen molar-refractivity contribution in [1.82, 2.24) is 10.2 Å². The molecule has 5 heteroatoms. The van der Waals surface area contributed by atoms with Crippen molar-refractivity contribution in [3.63, 3.8) is 0 Å². The largest absolute Gasteiger partial charge is 0.353 e. The van der Waals surface area contributed by atoms with Gasteiger partial charge in [0.2, 0.25) is 5.91 Å². The third-order valence-corrected chi connectivity index (χ3v) is 5.52. The summed E-state index contributed by atoms with van der Waals surface area (Å²) < 4.78 is 0. The Kier molecular flexibility index (Phi) is 20.9. The summed E-state index contributed by atoms with van der Waals surface area (Å²) in [5.74, 6) is 0.774. The van der Waals surface area contributed by atoms with E-state index in [1.165, 1.54) is 25.1 Å². The Balaban J connectivity index is 0.000000662. The predicted molar refractivity (Wildman–Crippen MR) is 156 cm³/mol. The van der Waals surface area contributed by atoms with E-state index >= 15 is 0 Å². The molecule has 0 spiro atoms.